The molecule has 3 aliphatic rings. The maximum Gasteiger partial charge on any atom is 0.332 e. The molecule has 2 heterocycles. The van der Waals surface area contributed by atoms with Crippen LogP contribution in [-0.2, 0) is 9.53 Å². The van der Waals surface area contributed by atoms with E-state index in [-0.39, 0.29) is 6.10 Å². The van der Waals surface area contributed by atoms with Gasteiger partial charge in [0.05, 0.1) is 0 Å². The number of nitrogens with zero attached hydrogens (tertiary/aromatic N) is 2. The molecule has 0 amide bonds. The number of hydrogen-bond acceptors (Lipinski definition) is 5. The Bertz CT molecular complexity index is 529. The Morgan fingerprint density at radius 1 is 1.20 bits per heavy atom. The van der Waals surface area contributed by atoms with Gasteiger partial charge in [-0.15, -0.1) is 0 Å². The van der Waals surface area contributed by atoms with Crippen LogP contribution in [0.1, 0.15) is 62.3 Å². The highest BCUT2D eigenvalue weighted by Gasteiger charge is 2.43. The van der Waals surface area contributed by atoms with Gasteiger partial charge in [0, 0.05) is 5.92 Å². The molecule has 2 bridgehead atoms. The number of hydrogen-bond donors (Lipinski definition) is 1. The fraction of sp³-hybridized carbons (Fsp3) is 0.786. The van der Waals surface area contributed by atoms with Gasteiger partial charge in [-0.2, -0.15) is 4.98 Å². The summed E-state index contributed by atoms with van der Waals surface area (Å²) in [5.74, 6) is 2.32. The van der Waals surface area contributed by atoms with Gasteiger partial charge in [-0.05, 0) is 43.9 Å². The van der Waals surface area contributed by atoms with E-state index in [4.69, 9.17) is 14.4 Å². The lowest BCUT2D eigenvalue weighted by Crippen LogP contribution is -2.18. The van der Waals surface area contributed by atoms with E-state index in [0.29, 0.717) is 30.6 Å². The molecule has 6 nitrogen and oxygen atoms in total. The molecule has 0 radical (unpaired) electrons. The van der Waals surface area contributed by atoms with Gasteiger partial charge in [-0.1, -0.05) is 11.6 Å². The summed E-state index contributed by atoms with van der Waals surface area (Å²) in [5.41, 5.74) is 0. The van der Waals surface area contributed by atoms with E-state index in [2.05, 4.69) is 10.1 Å². The fourth-order valence-corrected chi connectivity index (χ4v) is 4.09. The number of aliphatic carboxylic acids is 1. The molecule has 3 fully saturated rings. The van der Waals surface area contributed by atoms with E-state index in [9.17, 15) is 4.79 Å². The molecule has 2 aliphatic carbocycles. The molecule has 2 saturated carbocycles. The Kier molecular flexibility index (Phi) is 2.80. The van der Waals surface area contributed by atoms with Crippen molar-refractivity contribution in [1.29, 1.82) is 0 Å². The summed E-state index contributed by atoms with van der Waals surface area (Å²) in [6, 6.07) is 0. The van der Waals surface area contributed by atoms with E-state index in [1.165, 1.54) is 25.7 Å². The third-order valence-corrected chi connectivity index (χ3v) is 5.10. The molecule has 1 aliphatic heterocycles. The summed E-state index contributed by atoms with van der Waals surface area (Å²) in [6.07, 6.45) is 5.15. The first-order valence-electron chi connectivity index (χ1n) is 7.42. The topological polar surface area (TPSA) is 85.5 Å². The predicted molar refractivity (Wildman–Crippen MR) is 67.0 cm³/mol. The van der Waals surface area contributed by atoms with E-state index in [1.54, 1.807) is 0 Å². The standard InChI is InChI=1S/C14H18N2O4/c17-14(18)11-4-3-10(19-11)13-15-12(16-20-13)9-6-7-1-2-8(9)5-7/h7-11H,1-6H2,(H,17,18). The molecular weight excluding hydrogens is 260 g/mol. The minimum Gasteiger partial charge on any atom is -0.479 e. The van der Waals surface area contributed by atoms with Crippen molar-refractivity contribution in [3.05, 3.63) is 11.7 Å². The van der Waals surface area contributed by atoms with Gasteiger partial charge in [0.2, 0.25) is 0 Å². The van der Waals surface area contributed by atoms with Crippen LogP contribution in [0.4, 0.5) is 0 Å². The minimum absolute atomic E-state index is 0.351. The summed E-state index contributed by atoms with van der Waals surface area (Å²) >= 11 is 0. The average Bonchev–Trinajstić information content (AvgIpc) is 3.20. The number of rotatable bonds is 3. The zero-order chi connectivity index (χ0) is 13.7. The highest BCUT2D eigenvalue weighted by molar-refractivity contribution is 5.72. The van der Waals surface area contributed by atoms with Gasteiger partial charge < -0.3 is 14.4 Å². The van der Waals surface area contributed by atoms with E-state index < -0.39 is 12.1 Å². The van der Waals surface area contributed by atoms with Crippen molar-refractivity contribution in [3.63, 3.8) is 0 Å². The van der Waals surface area contributed by atoms with Crippen molar-refractivity contribution < 1.29 is 19.2 Å². The minimum atomic E-state index is -0.916. The number of carboxylic acids is 1. The Morgan fingerprint density at radius 3 is 2.75 bits per heavy atom. The fourth-order valence-electron chi connectivity index (χ4n) is 4.09. The molecule has 5 atom stereocenters. The van der Waals surface area contributed by atoms with Crippen molar-refractivity contribution in [2.24, 2.45) is 11.8 Å². The first-order valence-corrected chi connectivity index (χ1v) is 7.42. The summed E-state index contributed by atoms with van der Waals surface area (Å²) in [6.45, 7) is 0. The van der Waals surface area contributed by atoms with Gasteiger partial charge in [0.1, 0.15) is 6.10 Å². The molecule has 5 unspecified atom stereocenters. The number of ether oxygens (including phenoxy) is 1. The Hall–Kier alpha value is -1.43. The Balaban J connectivity index is 1.47. The zero-order valence-electron chi connectivity index (χ0n) is 11.2. The van der Waals surface area contributed by atoms with Gasteiger partial charge in [0.15, 0.2) is 11.9 Å². The predicted octanol–water partition coefficient (Wildman–Crippen LogP) is 2.28. The van der Waals surface area contributed by atoms with Crippen LogP contribution in [0.5, 0.6) is 0 Å². The molecule has 1 saturated heterocycles. The van der Waals surface area contributed by atoms with Crippen LogP contribution in [0.15, 0.2) is 4.52 Å². The average molecular weight is 278 g/mol. The Morgan fingerprint density at radius 2 is 2.10 bits per heavy atom. The molecule has 108 valence electrons. The van der Waals surface area contributed by atoms with Crippen LogP contribution in [0.3, 0.4) is 0 Å². The lowest BCUT2D eigenvalue weighted by atomic mass is 9.88. The molecule has 20 heavy (non-hydrogen) atoms. The van der Waals surface area contributed by atoms with Crippen molar-refractivity contribution in [2.45, 2.75) is 56.7 Å². The van der Waals surface area contributed by atoms with Crippen molar-refractivity contribution >= 4 is 5.97 Å². The molecule has 1 aromatic heterocycles. The van der Waals surface area contributed by atoms with E-state index in [0.717, 1.165) is 11.7 Å². The maximum atomic E-state index is 10.9. The molecule has 6 heteroatoms. The van der Waals surface area contributed by atoms with Crippen LogP contribution in [0, 0.1) is 11.8 Å². The Labute approximate surface area is 116 Å². The zero-order valence-corrected chi connectivity index (χ0v) is 11.2. The van der Waals surface area contributed by atoms with Crippen LogP contribution < -0.4 is 0 Å². The third kappa shape index (κ3) is 1.93. The van der Waals surface area contributed by atoms with Crippen LogP contribution >= 0.6 is 0 Å². The monoisotopic (exact) mass is 278 g/mol. The van der Waals surface area contributed by atoms with Crippen LogP contribution in [-0.4, -0.2) is 27.3 Å². The molecule has 4 rings (SSSR count). The second kappa shape index (κ2) is 4.55. The first kappa shape index (κ1) is 12.3. The normalized spacial score (nSPS) is 39.5. The lowest BCUT2D eigenvalue weighted by Gasteiger charge is -2.17. The largest absolute Gasteiger partial charge is 0.479 e. The van der Waals surface area contributed by atoms with Gasteiger partial charge >= 0.3 is 5.97 Å². The van der Waals surface area contributed by atoms with Gasteiger partial charge in [-0.3, -0.25) is 0 Å². The highest BCUT2D eigenvalue weighted by atomic mass is 16.5. The summed E-state index contributed by atoms with van der Waals surface area (Å²) in [7, 11) is 0. The molecule has 1 aromatic rings. The number of carboxylic acid groups (broad SMARTS) is 1. The number of aromatic nitrogens is 2. The quantitative estimate of drug-likeness (QED) is 0.912. The molecule has 1 N–H and O–H groups in total. The van der Waals surface area contributed by atoms with Crippen LogP contribution in [0.25, 0.3) is 0 Å². The van der Waals surface area contributed by atoms with Crippen LogP contribution in [0.2, 0.25) is 0 Å². The van der Waals surface area contributed by atoms with Gasteiger partial charge in [-0.25, -0.2) is 4.79 Å². The summed E-state index contributed by atoms with van der Waals surface area (Å²) in [5, 5.41) is 13.1. The first-order chi connectivity index (χ1) is 9.70. The second-order valence-corrected chi connectivity index (χ2v) is 6.30. The van der Waals surface area contributed by atoms with Crippen molar-refractivity contribution in [1.82, 2.24) is 10.1 Å². The highest BCUT2D eigenvalue weighted by Crippen LogP contribution is 2.52. The SMILES string of the molecule is O=C(O)C1CCC(c2nc(C3CC4CCC3C4)no2)O1. The van der Waals surface area contributed by atoms with Crippen molar-refractivity contribution in [3.8, 4) is 0 Å². The lowest BCUT2D eigenvalue weighted by molar-refractivity contribution is -0.150. The van der Waals surface area contributed by atoms with Crippen molar-refractivity contribution in [2.75, 3.05) is 0 Å². The second-order valence-electron chi connectivity index (χ2n) is 6.30. The molecular formula is C14H18N2O4. The number of fused-ring (bicyclic) bond motifs is 2. The van der Waals surface area contributed by atoms with Gasteiger partial charge in [0.25, 0.3) is 5.89 Å². The summed E-state index contributed by atoms with van der Waals surface area (Å²) < 4.78 is 10.8. The third-order valence-electron chi connectivity index (χ3n) is 5.10. The molecule has 0 spiro atoms. The van der Waals surface area contributed by atoms with E-state index in [1.807, 2.05) is 0 Å². The number of carbonyl (C=O) groups is 1. The smallest absolute Gasteiger partial charge is 0.332 e. The van der Waals surface area contributed by atoms with E-state index >= 15 is 0 Å². The maximum absolute atomic E-state index is 10.9. The summed E-state index contributed by atoms with van der Waals surface area (Å²) in [4.78, 5) is 15.4. The molecule has 0 aromatic carbocycles.